The van der Waals surface area contributed by atoms with Crippen LogP contribution < -0.4 is 15.8 Å². The number of hydrogen-bond acceptors (Lipinski definition) is 4. The van der Waals surface area contributed by atoms with E-state index >= 15 is 0 Å². The van der Waals surface area contributed by atoms with Crippen molar-refractivity contribution in [1.82, 2.24) is 4.72 Å². The van der Waals surface area contributed by atoms with Crippen molar-refractivity contribution >= 4 is 21.6 Å². The maximum atomic E-state index is 11.9. The third kappa shape index (κ3) is 5.73. The van der Waals surface area contributed by atoms with Crippen molar-refractivity contribution in [3.8, 4) is 0 Å². The highest BCUT2D eigenvalue weighted by Crippen LogP contribution is 2.20. The van der Waals surface area contributed by atoms with Gasteiger partial charge in [-0.2, -0.15) is 0 Å². The van der Waals surface area contributed by atoms with E-state index in [0.717, 1.165) is 12.1 Å². The average molecular weight is 313 g/mol. The lowest BCUT2D eigenvalue weighted by molar-refractivity contribution is -0.118. The minimum absolute atomic E-state index is 0.186. The smallest absolute Gasteiger partial charge is 0.240 e. The first kappa shape index (κ1) is 17.5. The second-order valence-corrected chi connectivity index (χ2v) is 7.34. The quantitative estimate of drug-likeness (QED) is 0.676. The molecule has 0 heterocycles. The second kappa shape index (κ2) is 6.91. The Labute approximate surface area is 126 Å². The van der Waals surface area contributed by atoms with Gasteiger partial charge in [-0.1, -0.05) is 6.92 Å². The van der Waals surface area contributed by atoms with Gasteiger partial charge in [0.15, 0.2) is 0 Å². The van der Waals surface area contributed by atoms with Crippen LogP contribution in [-0.4, -0.2) is 26.4 Å². The molecule has 0 saturated heterocycles. The predicted molar refractivity (Wildman–Crippen MR) is 83.4 cm³/mol. The number of nitrogens with one attached hydrogen (secondary N) is 2. The van der Waals surface area contributed by atoms with Gasteiger partial charge in [0.05, 0.1) is 4.90 Å². The van der Waals surface area contributed by atoms with Gasteiger partial charge in [-0.15, -0.1) is 0 Å². The number of anilines is 1. The normalized spacial score (nSPS) is 12.1. The molecule has 1 aromatic rings. The number of carbonyl (C=O) groups is 1. The first-order valence-corrected chi connectivity index (χ1v) is 8.31. The summed E-state index contributed by atoms with van der Waals surface area (Å²) in [5, 5.41) is 3.16. The number of amides is 1. The van der Waals surface area contributed by atoms with Gasteiger partial charge in [0.1, 0.15) is 0 Å². The van der Waals surface area contributed by atoms with Crippen molar-refractivity contribution in [2.75, 3.05) is 11.9 Å². The summed E-state index contributed by atoms with van der Waals surface area (Å²) in [4.78, 5) is 11.2. The van der Waals surface area contributed by atoms with Crippen LogP contribution in [0.3, 0.4) is 0 Å². The number of benzene rings is 1. The lowest BCUT2D eigenvalue weighted by Crippen LogP contribution is -2.36. The van der Waals surface area contributed by atoms with Gasteiger partial charge in [-0.3, -0.25) is 4.79 Å². The molecule has 0 atom stereocenters. The minimum Gasteiger partial charge on any atom is -0.380 e. The maximum absolute atomic E-state index is 11.9. The van der Waals surface area contributed by atoms with Gasteiger partial charge >= 0.3 is 0 Å². The third-order valence-electron chi connectivity index (χ3n) is 2.81. The monoisotopic (exact) mass is 313 g/mol. The molecule has 0 aromatic heterocycles. The molecular formula is C14H23N3O3S. The fourth-order valence-corrected chi connectivity index (χ4v) is 3.04. The van der Waals surface area contributed by atoms with E-state index in [4.69, 9.17) is 5.73 Å². The summed E-state index contributed by atoms with van der Waals surface area (Å²) in [6.45, 7) is 6.01. The molecule has 0 spiro atoms. The molecule has 1 amide bonds. The first-order chi connectivity index (χ1) is 9.66. The zero-order valence-electron chi connectivity index (χ0n) is 12.6. The van der Waals surface area contributed by atoms with Gasteiger partial charge in [0.25, 0.3) is 0 Å². The highest BCUT2D eigenvalue weighted by molar-refractivity contribution is 7.89. The van der Waals surface area contributed by atoms with Crippen LogP contribution in [0, 0.1) is 0 Å². The van der Waals surface area contributed by atoms with Gasteiger partial charge in [-0.25, -0.2) is 13.1 Å². The van der Waals surface area contributed by atoms with E-state index in [1.165, 1.54) is 12.1 Å². The number of primary amides is 1. The summed E-state index contributed by atoms with van der Waals surface area (Å²) in [6, 6.07) is 6.40. The van der Waals surface area contributed by atoms with Gasteiger partial charge < -0.3 is 11.1 Å². The highest BCUT2D eigenvalue weighted by Gasteiger charge is 2.20. The standard InChI is InChI=1S/C14H23N3O3S/c1-4-9-16-21(19,20)12-7-5-11(6-8-12)17-14(2,3)10-13(15)18/h5-8,16-17H,4,9-10H2,1-3H3,(H2,15,18). The topological polar surface area (TPSA) is 101 Å². The lowest BCUT2D eigenvalue weighted by atomic mass is 10.00. The summed E-state index contributed by atoms with van der Waals surface area (Å²) >= 11 is 0. The molecule has 0 aliphatic heterocycles. The SMILES string of the molecule is CCCNS(=O)(=O)c1ccc(NC(C)(C)CC(N)=O)cc1. The Hall–Kier alpha value is -1.60. The maximum Gasteiger partial charge on any atom is 0.240 e. The molecule has 0 aliphatic rings. The van der Waals surface area contributed by atoms with Crippen LogP contribution in [-0.2, 0) is 14.8 Å². The zero-order valence-corrected chi connectivity index (χ0v) is 13.5. The molecule has 4 N–H and O–H groups in total. The molecule has 0 bridgehead atoms. The summed E-state index contributed by atoms with van der Waals surface area (Å²) in [6.07, 6.45) is 0.922. The van der Waals surface area contributed by atoms with Crippen molar-refractivity contribution in [3.05, 3.63) is 24.3 Å². The minimum atomic E-state index is -3.45. The van der Waals surface area contributed by atoms with Crippen molar-refractivity contribution in [2.45, 2.75) is 44.0 Å². The highest BCUT2D eigenvalue weighted by atomic mass is 32.2. The summed E-state index contributed by atoms with van der Waals surface area (Å²) < 4.78 is 26.4. The van der Waals surface area contributed by atoms with Crippen molar-refractivity contribution < 1.29 is 13.2 Å². The summed E-state index contributed by atoms with van der Waals surface area (Å²) in [5.41, 5.74) is 5.43. The predicted octanol–water partition coefficient (Wildman–Crippen LogP) is 1.44. The van der Waals surface area contributed by atoms with E-state index in [1.807, 2.05) is 20.8 Å². The first-order valence-electron chi connectivity index (χ1n) is 6.82. The van der Waals surface area contributed by atoms with Crippen LogP contribution in [0.15, 0.2) is 29.2 Å². The molecular weight excluding hydrogens is 290 g/mol. The molecule has 118 valence electrons. The molecule has 0 radical (unpaired) electrons. The van der Waals surface area contributed by atoms with Crippen LogP contribution >= 0.6 is 0 Å². The number of nitrogens with two attached hydrogens (primary N) is 1. The average Bonchev–Trinajstić information content (AvgIpc) is 2.35. The van der Waals surface area contributed by atoms with Gasteiger partial charge in [0, 0.05) is 24.2 Å². The molecule has 0 saturated carbocycles. The van der Waals surface area contributed by atoms with Gasteiger partial charge in [0.2, 0.25) is 15.9 Å². The van der Waals surface area contributed by atoms with Crippen LogP contribution in [0.4, 0.5) is 5.69 Å². The molecule has 6 nitrogen and oxygen atoms in total. The number of carbonyl (C=O) groups excluding carboxylic acids is 1. The van der Waals surface area contributed by atoms with Crippen LogP contribution in [0.25, 0.3) is 0 Å². The van der Waals surface area contributed by atoms with Crippen LogP contribution in [0.2, 0.25) is 0 Å². The van der Waals surface area contributed by atoms with E-state index in [9.17, 15) is 13.2 Å². The van der Waals surface area contributed by atoms with E-state index in [2.05, 4.69) is 10.0 Å². The summed E-state index contributed by atoms with van der Waals surface area (Å²) in [5.74, 6) is -0.393. The van der Waals surface area contributed by atoms with E-state index in [-0.39, 0.29) is 11.3 Å². The van der Waals surface area contributed by atoms with Crippen molar-refractivity contribution in [3.63, 3.8) is 0 Å². The fourth-order valence-electron chi connectivity index (χ4n) is 1.91. The number of rotatable bonds is 8. The summed E-state index contributed by atoms with van der Waals surface area (Å²) in [7, 11) is -3.45. The largest absolute Gasteiger partial charge is 0.380 e. The van der Waals surface area contributed by atoms with E-state index in [0.29, 0.717) is 6.54 Å². The van der Waals surface area contributed by atoms with E-state index in [1.54, 1.807) is 12.1 Å². The Morgan fingerprint density at radius 2 is 1.81 bits per heavy atom. The van der Waals surface area contributed by atoms with Crippen LogP contribution in [0.1, 0.15) is 33.6 Å². The fraction of sp³-hybridized carbons (Fsp3) is 0.500. The molecule has 1 rings (SSSR count). The Kier molecular flexibility index (Phi) is 5.74. The van der Waals surface area contributed by atoms with Crippen LogP contribution in [0.5, 0.6) is 0 Å². The second-order valence-electron chi connectivity index (χ2n) is 5.57. The Bertz CT molecular complexity index is 580. The lowest BCUT2D eigenvalue weighted by Gasteiger charge is -2.26. The molecule has 0 unspecified atom stereocenters. The molecule has 1 aromatic carbocycles. The Morgan fingerprint density at radius 3 is 2.29 bits per heavy atom. The Morgan fingerprint density at radius 1 is 1.24 bits per heavy atom. The molecule has 7 heteroatoms. The van der Waals surface area contributed by atoms with Gasteiger partial charge in [-0.05, 0) is 44.5 Å². The zero-order chi connectivity index (χ0) is 16.1. The third-order valence-corrected chi connectivity index (χ3v) is 4.28. The molecule has 0 aliphatic carbocycles. The number of hydrogen-bond donors (Lipinski definition) is 3. The van der Waals surface area contributed by atoms with E-state index < -0.39 is 21.5 Å². The van der Waals surface area contributed by atoms with Crippen molar-refractivity contribution in [2.24, 2.45) is 5.73 Å². The number of sulfonamides is 1. The Balaban J connectivity index is 2.81. The van der Waals surface area contributed by atoms with Crippen molar-refractivity contribution in [1.29, 1.82) is 0 Å². The molecule has 21 heavy (non-hydrogen) atoms. The molecule has 0 fully saturated rings.